The van der Waals surface area contributed by atoms with E-state index in [1.165, 1.54) is 17.8 Å². The average molecular weight is 364 g/mol. The largest absolute Gasteiger partial charge is 0.496 e. The maximum Gasteiger partial charge on any atom is 0.191 e. The van der Waals surface area contributed by atoms with Gasteiger partial charge in [0.1, 0.15) is 11.6 Å². The van der Waals surface area contributed by atoms with Crippen molar-refractivity contribution in [3.05, 3.63) is 58.9 Å². The minimum absolute atomic E-state index is 0.318. The number of halogens is 2. The van der Waals surface area contributed by atoms with Gasteiger partial charge in [-0.05, 0) is 30.3 Å². The molecule has 3 aromatic rings. The number of rotatable bonds is 5. The van der Waals surface area contributed by atoms with Gasteiger partial charge in [-0.25, -0.2) is 4.39 Å². The van der Waals surface area contributed by atoms with Crippen LogP contribution in [0.5, 0.6) is 5.75 Å². The highest BCUT2D eigenvalue weighted by Crippen LogP contribution is 2.31. The van der Waals surface area contributed by atoms with E-state index in [1.807, 2.05) is 19.2 Å². The molecular formula is C17H15ClFN3OS. The van der Waals surface area contributed by atoms with E-state index in [1.54, 1.807) is 35.9 Å². The molecule has 0 fully saturated rings. The van der Waals surface area contributed by atoms with Gasteiger partial charge < -0.3 is 9.30 Å². The summed E-state index contributed by atoms with van der Waals surface area (Å²) >= 11 is 7.54. The van der Waals surface area contributed by atoms with Crippen LogP contribution in [0.1, 0.15) is 5.56 Å². The lowest BCUT2D eigenvalue weighted by Gasteiger charge is -2.09. The molecule has 0 aliphatic carbocycles. The zero-order valence-corrected chi connectivity index (χ0v) is 14.7. The molecule has 0 amide bonds. The van der Waals surface area contributed by atoms with Crippen LogP contribution in [0.4, 0.5) is 4.39 Å². The molecule has 0 aliphatic heterocycles. The maximum atomic E-state index is 13.9. The Bertz CT molecular complexity index is 869. The van der Waals surface area contributed by atoms with Crippen molar-refractivity contribution in [1.82, 2.24) is 14.8 Å². The molecule has 4 nitrogen and oxygen atoms in total. The first-order valence-corrected chi connectivity index (χ1v) is 8.56. The minimum Gasteiger partial charge on any atom is -0.496 e. The van der Waals surface area contributed by atoms with Crippen molar-refractivity contribution in [3.8, 4) is 17.1 Å². The number of benzene rings is 2. The standard InChI is InChI=1S/C17H15ClFN3OS/c1-22-16(13-5-3-4-6-14(13)19)20-21-17(22)24-10-11-9-12(18)7-8-15(11)23-2/h3-9H,10H2,1-2H3. The topological polar surface area (TPSA) is 39.9 Å². The third kappa shape index (κ3) is 3.39. The number of hydrogen-bond acceptors (Lipinski definition) is 4. The Labute approximate surface area is 148 Å². The number of hydrogen-bond donors (Lipinski definition) is 0. The molecule has 0 bridgehead atoms. The van der Waals surface area contributed by atoms with E-state index in [9.17, 15) is 4.39 Å². The van der Waals surface area contributed by atoms with Gasteiger partial charge in [0, 0.05) is 23.4 Å². The van der Waals surface area contributed by atoms with E-state index in [-0.39, 0.29) is 5.82 Å². The van der Waals surface area contributed by atoms with Crippen LogP contribution in [0, 0.1) is 5.82 Å². The predicted molar refractivity (Wildman–Crippen MR) is 94.0 cm³/mol. The van der Waals surface area contributed by atoms with Crippen molar-refractivity contribution in [2.45, 2.75) is 10.9 Å². The van der Waals surface area contributed by atoms with Crippen molar-refractivity contribution in [2.75, 3.05) is 7.11 Å². The fourth-order valence-electron chi connectivity index (χ4n) is 2.32. The Morgan fingerprint density at radius 1 is 1.21 bits per heavy atom. The van der Waals surface area contributed by atoms with Crippen LogP contribution in [0.2, 0.25) is 5.02 Å². The first-order chi connectivity index (χ1) is 11.6. The molecular weight excluding hydrogens is 349 g/mol. The number of aromatic nitrogens is 3. The lowest BCUT2D eigenvalue weighted by molar-refractivity contribution is 0.411. The van der Waals surface area contributed by atoms with Crippen LogP contribution >= 0.6 is 23.4 Å². The molecule has 124 valence electrons. The molecule has 0 unspecified atom stereocenters. The molecule has 1 aromatic heterocycles. The van der Waals surface area contributed by atoms with Crippen LogP contribution in [0.3, 0.4) is 0 Å². The van der Waals surface area contributed by atoms with Gasteiger partial charge in [0.15, 0.2) is 11.0 Å². The second-order valence-electron chi connectivity index (χ2n) is 5.09. The molecule has 3 rings (SSSR count). The van der Waals surface area contributed by atoms with Crippen molar-refractivity contribution in [2.24, 2.45) is 7.05 Å². The Morgan fingerprint density at radius 2 is 2.00 bits per heavy atom. The van der Waals surface area contributed by atoms with Crippen LogP contribution < -0.4 is 4.74 Å². The van der Waals surface area contributed by atoms with Crippen LogP contribution in [0.25, 0.3) is 11.4 Å². The molecule has 0 saturated heterocycles. The molecule has 0 radical (unpaired) electrons. The Hall–Kier alpha value is -2.05. The molecule has 24 heavy (non-hydrogen) atoms. The average Bonchev–Trinajstić information content (AvgIpc) is 2.94. The van der Waals surface area contributed by atoms with Crippen LogP contribution in [-0.4, -0.2) is 21.9 Å². The minimum atomic E-state index is -0.318. The third-order valence-corrected chi connectivity index (χ3v) is 4.85. The van der Waals surface area contributed by atoms with E-state index < -0.39 is 0 Å². The fourth-order valence-corrected chi connectivity index (χ4v) is 3.40. The third-order valence-electron chi connectivity index (χ3n) is 3.55. The summed E-state index contributed by atoms with van der Waals surface area (Å²) in [6.45, 7) is 0. The van der Waals surface area contributed by atoms with Gasteiger partial charge in [-0.1, -0.05) is 35.5 Å². The molecule has 7 heteroatoms. The summed E-state index contributed by atoms with van der Waals surface area (Å²) in [5.74, 6) is 1.56. The van der Waals surface area contributed by atoms with E-state index >= 15 is 0 Å². The summed E-state index contributed by atoms with van der Waals surface area (Å²) in [6.07, 6.45) is 0. The summed E-state index contributed by atoms with van der Waals surface area (Å²) in [4.78, 5) is 0. The van der Waals surface area contributed by atoms with Crippen molar-refractivity contribution < 1.29 is 9.13 Å². The highest BCUT2D eigenvalue weighted by atomic mass is 35.5. The summed E-state index contributed by atoms with van der Waals surface area (Å²) < 4.78 is 21.1. The first kappa shape index (κ1) is 16.8. The van der Waals surface area contributed by atoms with Gasteiger partial charge in [0.25, 0.3) is 0 Å². The molecule has 2 aromatic carbocycles. The van der Waals surface area contributed by atoms with Gasteiger partial charge in [-0.2, -0.15) is 0 Å². The quantitative estimate of drug-likeness (QED) is 0.622. The SMILES string of the molecule is COc1ccc(Cl)cc1CSc1nnc(-c2ccccc2F)n1C. The van der Waals surface area contributed by atoms with Gasteiger partial charge in [0.2, 0.25) is 0 Å². The lowest BCUT2D eigenvalue weighted by atomic mass is 10.2. The zero-order chi connectivity index (χ0) is 17.1. The van der Waals surface area contributed by atoms with Crippen molar-refractivity contribution in [1.29, 1.82) is 0 Å². The van der Waals surface area contributed by atoms with Gasteiger partial charge >= 0.3 is 0 Å². The molecule has 0 saturated carbocycles. The number of methoxy groups -OCH3 is 1. The Morgan fingerprint density at radius 3 is 2.75 bits per heavy atom. The summed E-state index contributed by atoms with van der Waals surface area (Å²) in [7, 11) is 3.44. The predicted octanol–water partition coefficient (Wildman–Crippen LogP) is 4.58. The summed E-state index contributed by atoms with van der Waals surface area (Å²) in [5, 5.41) is 9.62. The first-order valence-electron chi connectivity index (χ1n) is 7.19. The molecule has 0 aliphatic rings. The highest BCUT2D eigenvalue weighted by molar-refractivity contribution is 7.98. The van der Waals surface area contributed by atoms with Crippen molar-refractivity contribution in [3.63, 3.8) is 0 Å². The van der Waals surface area contributed by atoms with E-state index in [4.69, 9.17) is 16.3 Å². The number of nitrogens with zero attached hydrogens (tertiary/aromatic N) is 3. The molecule has 0 spiro atoms. The monoisotopic (exact) mass is 363 g/mol. The smallest absolute Gasteiger partial charge is 0.191 e. The second kappa shape index (κ2) is 7.23. The normalized spacial score (nSPS) is 10.8. The van der Waals surface area contributed by atoms with Gasteiger partial charge in [-0.3, -0.25) is 0 Å². The highest BCUT2D eigenvalue weighted by Gasteiger charge is 2.15. The fraction of sp³-hybridized carbons (Fsp3) is 0.176. The van der Waals surface area contributed by atoms with Crippen LogP contribution in [0.15, 0.2) is 47.6 Å². The van der Waals surface area contributed by atoms with Crippen LogP contribution in [-0.2, 0) is 12.8 Å². The summed E-state index contributed by atoms with van der Waals surface area (Å²) in [6, 6.07) is 12.0. The zero-order valence-electron chi connectivity index (χ0n) is 13.2. The summed E-state index contributed by atoms with van der Waals surface area (Å²) in [5.41, 5.74) is 1.39. The number of ether oxygens (including phenoxy) is 1. The van der Waals surface area contributed by atoms with Gasteiger partial charge in [0.05, 0.1) is 12.7 Å². The Kier molecular flexibility index (Phi) is 5.06. The van der Waals surface area contributed by atoms with Crippen molar-refractivity contribution >= 4 is 23.4 Å². The molecule has 0 atom stereocenters. The van der Waals surface area contributed by atoms with E-state index in [0.717, 1.165) is 11.3 Å². The van der Waals surface area contributed by atoms with E-state index in [2.05, 4.69) is 10.2 Å². The molecule has 0 N–H and O–H groups in total. The second-order valence-corrected chi connectivity index (χ2v) is 6.47. The lowest BCUT2D eigenvalue weighted by Crippen LogP contribution is -1.97. The Balaban J connectivity index is 1.83. The van der Waals surface area contributed by atoms with E-state index in [0.29, 0.717) is 27.3 Å². The number of thioether (sulfide) groups is 1. The molecule has 1 heterocycles. The maximum absolute atomic E-state index is 13.9. The van der Waals surface area contributed by atoms with Gasteiger partial charge in [-0.15, -0.1) is 10.2 Å².